The van der Waals surface area contributed by atoms with Gasteiger partial charge < -0.3 is 10.6 Å². The molecule has 0 bridgehead atoms. The maximum Gasteiger partial charge on any atom is 0.191 e. The third kappa shape index (κ3) is 8.31. The highest BCUT2D eigenvalue weighted by Crippen LogP contribution is 2.16. The molecule has 0 aliphatic carbocycles. The summed E-state index contributed by atoms with van der Waals surface area (Å²) in [7, 11) is -1.30. The molecule has 2 N–H and O–H groups in total. The maximum absolute atomic E-state index is 13.2. The number of hydrogen-bond donors (Lipinski definition) is 2. The van der Waals surface area contributed by atoms with Crippen LogP contribution in [0.15, 0.2) is 27.7 Å². The minimum Gasteiger partial charge on any atom is -0.356 e. The van der Waals surface area contributed by atoms with E-state index in [2.05, 4.69) is 31.6 Å². The fraction of sp³-hybridized carbons (Fsp3) is 0.533. The molecule has 8 heteroatoms. The van der Waals surface area contributed by atoms with Crippen LogP contribution in [-0.2, 0) is 16.3 Å². The lowest BCUT2D eigenvalue weighted by Gasteiger charge is -2.17. The summed E-state index contributed by atoms with van der Waals surface area (Å²) >= 11 is 3.17. The monoisotopic (exact) mass is 407 g/mol. The van der Waals surface area contributed by atoms with Gasteiger partial charge in [-0.1, -0.05) is 6.07 Å². The van der Waals surface area contributed by atoms with Crippen molar-refractivity contribution in [1.82, 2.24) is 10.6 Å². The molecule has 0 radical (unpaired) electrons. The highest BCUT2D eigenvalue weighted by molar-refractivity contribution is 9.10. The summed E-state index contributed by atoms with van der Waals surface area (Å²) in [6.07, 6.45) is 2.47. The van der Waals surface area contributed by atoms with Gasteiger partial charge in [0, 0.05) is 25.9 Å². The molecule has 0 aliphatic rings. The van der Waals surface area contributed by atoms with Crippen LogP contribution in [0.5, 0.6) is 0 Å². The van der Waals surface area contributed by atoms with Crippen LogP contribution >= 0.6 is 15.9 Å². The lowest BCUT2D eigenvalue weighted by Crippen LogP contribution is -2.43. The zero-order valence-corrected chi connectivity index (χ0v) is 16.0. The van der Waals surface area contributed by atoms with Crippen molar-refractivity contribution in [2.75, 3.05) is 25.6 Å². The number of aliphatic imine (C=N–C) groups is 1. The van der Waals surface area contributed by atoms with Crippen LogP contribution in [0.3, 0.4) is 0 Å². The van der Waals surface area contributed by atoms with Gasteiger partial charge in [0.15, 0.2) is 5.96 Å². The van der Waals surface area contributed by atoms with Crippen molar-refractivity contribution >= 4 is 31.7 Å². The first-order valence-electron chi connectivity index (χ1n) is 7.30. The first-order valence-corrected chi connectivity index (χ1v) is 10.2. The summed E-state index contributed by atoms with van der Waals surface area (Å²) in [6, 6.07) is 4.92. The first-order chi connectivity index (χ1) is 10.7. The number of benzene rings is 1. The fourth-order valence-electron chi connectivity index (χ4n) is 1.91. The minimum atomic E-state index is -2.96. The Kier molecular flexibility index (Phi) is 7.98. The third-order valence-corrected chi connectivity index (χ3v) is 4.80. The van der Waals surface area contributed by atoms with Crippen LogP contribution < -0.4 is 10.6 Å². The molecule has 23 heavy (non-hydrogen) atoms. The number of halogens is 2. The van der Waals surface area contributed by atoms with E-state index in [0.29, 0.717) is 23.4 Å². The van der Waals surface area contributed by atoms with E-state index in [9.17, 15) is 12.8 Å². The highest BCUT2D eigenvalue weighted by atomic mass is 79.9. The molecule has 0 spiro atoms. The summed E-state index contributed by atoms with van der Waals surface area (Å²) in [5.41, 5.74) is 1.01. The predicted molar refractivity (Wildman–Crippen MR) is 96.1 cm³/mol. The van der Waals surface area contributed by atoms with Gasteiger partial charge in [0.25, 0.3) is 0 Å². The second kappa shape index (κ2) is 9.22. The van der Waals surface area contributed by atoms with Gasteiger partial charge in [-0.25, -0.2) is 12.8 Å². The molecule has 1 atom stereocenters. The van der Waals surface area contributed by atoms with E-state index < -0.39 is 9.84 Å². The molecule has 5 nitrogen and oxygen atoms in total. The highest BCUT2D eigenvalue weighted by Gasteiger charge is 2.09. The van der Waals surface area contributed by atoms with Crippen LogP contribution in [0, 0.1) is 5.82 Å². The Morgan fingerprint density at radius 1 is 1.43 bits per heavy atom. The lowest BCUT2D eigenvalue weighted by atomic mass is 10.1. The van der Waals surface area contributed by atoms with E-state index in [1.54, 1.807) is 19.2 Å². The first kappa shape index (κ1) is 19.9. The Morgan fingerprint density at radius 2 is 2.13 bits per heavy atom. The lowest BCUT2D eigenvalue weighted by molar-refractivity contribution is 0.581. The molecule has 0 amide bonds. The minimum absolute atomic E-state index is 0.00381. The quantitative estimate of drug-likeness (QED) is 0.536. The second-order valence-corrected chi connectivity index (χ2v) is 8.58. The van der Waals surface area contributed by atoms with E-state index >= 15 is 0 Å². The van der Waals surface area contributed by atoms with Crippen molar-refractivity contribution in [3.63, 3.8) is 0 Å². The van der Waals surface area contributed by atoms with Crippen LogP contribution in [0.25, 0.3) is 0 Å². The number of guanidine groups is 1. The smallest absolute Gasteiger partial charge is 0.191 e. The molecule has 1 aromatic rings. The Labute approximate surface area is 145 Å². The number of nitrogens with zero attached hydrogens (tertiary/aromatic N) is 1. The van der Waals surface area contributed by atoms with E-state index in [-0.39, 0.29) is 17.6 Å². The molecule has 0 fully saturated rings. The van der Waals surface area contributed by atoms with Crippen LogP contribution in [0.4, 0.5) is 4.39 Å². The van der Waals surface area contributed by atoms with Gasteiger partial charge in [0.1, 0.15) is 15.7 Å². The van der Waals surface area contributed by atoms with Gasteiger partial charge in [-0.15, -0.1) is 0 Å². The van der Waals surface area contributed by atoms with E-state index in [1.165, 1.54) is 12.3 Å². The Bertz CT molecular complexity index is 650. The Hall–Kier alpha value is -1.15. The SMILES string of the molecule is CN=C(NCCc1ccc(F)c(Br)c1)NC(C)CCS(C)(=O)=O. The van der Waals surface area contributed by atoms with Gasteiger partial charge >= 0.3 is 0 Å². The number of nitrogens with one attached hydrogen (secondary N) is 2. The van der Waals surface area contributed by atoms with Crippen molar-refractivity contribution in [3.05, 3.63) is 34.1 Å². The number of hydrogen-bond acceptors (Lipinski definition) is 3. The van der Waals surface area contributed by atoms with E-state index in [1.807, 2.05) is 6.92 Å². The molecule has 0 saturated carbocycles. The van der Waals surface area contributed by atoms with Gasteiger partial charge in [-0.3, -0.25) is 4.99 Å². The van der Waals surface area contributed by atoms with Gasteiger partial charge in [0.2, 0.25) is 0 Å². The largest absolute Gasteiger partial charge is 0.356 e. The van der Waals surface area contributed by atoms with E-state index in [4.69, 9.17) is 0 Å². The summed E-state index contributed by atoms with van der Waals surface area (Å²) in [4.78, 5) is 4.11. The summed E-state index contributed by atoms with van der Waals surface area (Å²) in [6.45, 7) is 2.55. The molecular weight excluding hydrogens is 385 g/mol. The normalized spacial score (nSPS) is 13.7. The van der Waals surface area contributed by atoms with E-state index in [0.717, 1.165) is 12.0 Å². The fourth-order valence-corrected chi connectivity index (χ4v) is 3.12. The standard InChI is InChI=1S/C15H23BrFN3O2S/c1-11(7-9-23(3,21)22)20-15(18-2)19-8-6-12-4-5-14(17)13(16)10-12/h4-5,10-11H,6-9H2,1-3H3,(H2,18,19,20). The van der Waals surface area contributed by atoms with Crippen molar-refractivity contribution in [3.8, 4) is 0 Å². The van der Waals surface area contributed by atoms with Gasteiger partial charge in [-0.05, 0) is 53.4 Å². The number of sulfone groups is 1. The Balaban J connectivity index is 2.40. The molecule has 0 saturated heterocycles. The van der Waals surface area contributed by atoms with Crippen LogP contribution in [-0.4, -0.2) is 46.0 Å². The number of rotatable bonds is 7. The van der Waals surface area contributed by atoms with Crippen molar-refractivity contribution in [2.24, 2.45) is 4.99 Å². The molecular formula is C15H23BrFN3O2S. The molecule has 0 aliphatic heterocycles. The Morgan fingerprint density at radius 3 is 2.70 bits per heavy atom. The molecule has 0 heterocycles. The maximum atomic E-state index is 13.2. The van der Waals surface area contributed by atoms with Crippen molar-refractivity contribution in [1.29, 1.82) is 0 Å². The summed E-state index contributed by atoms with van der Waals surface area (Å²) < 4.78 is 36.0. The average molecular weight is 408 g/mol. The van der Waals surface area contributed by atoms with Crippen molar-refractivity contribution in [2.45, 2.75) is 25.8 Å². The topological polar surface area (TPSA) is 70.6 Å². The average Bonchev–Trinajstić information content (AvgIpc) is 2.47. The third-order valence-electron chi connectivity index (χ3n) is 3.22. The van der Waals surface area contributed by atoms with Crippen LogP contribution in [0.1, 0.15) is 18.9 Å². The molecule has 1 rings (SSSR count). The van der Waals surface area contributed by atoms with Crippen LogP contribution in [0.2, 0.25) is 0 Å². The molecule has 1 aromatic carbocycles. The molecule has 0 aromatic heterocycles. The zero-order chi connectivity index (χ0) is 17.5. The molecule has 130 valence electrons. The van der Waals surface area contributed by atoms with Gasteiger partial charge in [-0.2, -0.15) is 0 Å². The van der Waals surface area contributed by atoms with Crippen molar-refractivity contribution < 1.29 is 12.8 Å². The summed E-state index contributed by atoms with van der Waals surface area (Å²) in [5.74, 6) is 0.480. The second-order valence-electron chi connectivity index (χ2n) is 5.46. The van der Waals surface area contributed by atoms with Gasteiger partial charge in [0.05, 0.1) is 10.2 Å². The predicted octanol–water partition coefficient (Wildman–Crippen LogP) is 2.12. The summed E-state index contributed by atoms with van der Waals surface area (Å²) in [5, 5.41) is 6.31. The zero-order valence-electron chi connectivity index (χ0n) is 13.6. The molecule has 1 unspecified atom stereocenters.